The first-order chi connectivity index (χ1) is 17.5. The number of nitrogens with zero attached hydrogens (tertiary/aromatic N) is 8. The molecular formula is C23H30FN9O3. The van der Waals surface area contributed by atoms with E-state index in [4.69, 9.17) is 14.9 Å². The lowest BCUT2D eigenvalue weighted by atomic mass is 9.95. The van der Waals surface area contributed by atoms with Crippen LogP contribution in [-0.4, -0.2) is 104 Å². The molecule has 3 aliphatic heterocycles. The zero-order valence-corrected chi connectivity index (χ0v) is 20.1. The Balaban J connectivity index is 1.14. The molecule has 0 unspecified atom stereocenters. The maximum absolute atomic E-state index is 15.1. The molecule has 6 heterocycles. The van der Waals surface area contributed by atoms with Crippen LogP contribution in [0.25, 0.3) is 17.4 Å². The number of nitrogens with two attached hydrogens (primary N) is 1. The van der Waals surface area contributed by atoms with Crippen LogP contribution in [0.2, 0.25) is 0 Å². The lowest BCUT2D eigenvalue weighted by Gasteiger charge is -2.40. The SMILES string of the molecule is Nc1nc(N2CCC[C@H]2C(=O)N2CCN(CC3(F)CCOCC3)CC2)nc2nc(-c3ccco3)nn12. The lowest BCUT2D eigenvalue weighted by molar-refractivity contribution is -0.134. The Labute approximate surface area is 207 Å². The number of carbonyl (C=O) groups is 1. The van der Waals surface area contributed by atoms with Gasteiger partial charge in [-0.15, -0.1) is 5.10 Å². The zero-order chi connectivity index (χ0) is 24.7. The summed E-state index contributed by atoms with van der Waals surface area (Å²) in [4.78, 5) is 32.8. The number of carbonyl (C=O) groups excluding carboxylic acids is 1. The fourth-order valence-electron chi connectivity index (χ4n) is 5.33. The van der Waals surface area contributed by atoms with E-state index in [9.17, 15) is 4.79 Å². The number of hydrogen-bond donors (Lipinski definition) is 1. The second-order valence-electron chi connectivity index (χ2n) is 9.72. The van der Waals surface area contributed by atoms with E-state index < -0.39 is 5.67 Å². The number of rotatable bonds is 5. The highest BCUT2D eigenvalue weighted by Gasteiger charge is 2.39. The van der Waals surface area contributed by atoms with Gasteiger partial charge in [0.25, 0.3) is 5.78 Å². The lowest BCUT2D eigenvalue weighted by Crippen LogP contribution is -2.56. The normalized spacial score (nSPS) is 23.0. The second-order valence-corrected chi connectivity index (χ2v) is 9.72. The highest BCUT2D eigenvalue weighted by molar-refractivity contribution is 5.85. The van der Waals surface area contributed by atoms with Crippen LogP contribution in [0.5, 0.6) is 0 Å². The van der Waals surface area contributed by atoms with Crippen LogP contribution in [0, 0.1) is 0 Å². The van der Waals surface area contributed by atoms with Crippen molar-refractivity contribution in [3.05, 3.63) is 18.4 Å². The molecule has 13 heteroatoms. The van der Waals surface area contributed by atoms with Crippen LogP contribution in [0.15, 0.2) is 22.8 Å². The molecule has 3 aliphatic rings. The van der Waals surface area contributed by atoms with E-state index in [0.717, 1.165) is 6.42 Å². The van der Waals surface area contributed by atoms with Crippen LogP contribution in [0.1, 0.15) is 25.7 Å². The van der Waals surface area contributed by atoms with E-state index >= 15 is 4.39 Å². The number of aromatic nitrogens is 5. The Hall–Kier alpha value is -3.32. The van der Waals surface area contributed by atoms with E-state index in [1.54, 1.807) is 18.4 Å². The largest absolute Gasteiger partial charge is 0.461 e. The number of furan rings is 1. The summed E-state index contributed by atoms with van der Waals surface area (Å²) < 4.78 is 27.1. The van der Waals surface area contributed by atoms with Gasteiger partial charge >= 0.3 is 0 Å². The number of anilines is 2. The molecule has 2 N–H and O–H groups in total. The summed E-state index contributed by atoms with van der Waals surface area (Å²) in [6.07, 6.45) is 3.98. The molecule has 3 saturated heterocycles. The van der Waals surface area contributed by atoms with Gasteiger partial charge in [-0.3, -0.25) is 9.69 Å². The number of alkyl halides is 1. The second kappa shape index (κ2) is 9.28. The van der Waals surface area contributed by atoms with Crippen molar-refractivity contribution >= 4 is 23.6 Å². The van der Waals surface area contributed by atoms with Gasteiger partial charge in [0, 0.05) is 65.3 Å². The molecule has 0 radical (unpaired) electrons. The summed E-state index contributed by atoms with van der Waals surface area (Å²) in [6, 6.07) is 3.14. The molecule has 1 amide bonds. The number of amides is 1. The van der Waals surface area contributed by atoms with Gasteiger partial charge in [-0.1, -0.05) is 0 Å². The number of nitrogen functional groups attached to an aromatic ring is 1. The molecule has 0 aromatic carbocycles. The smallest absolute Gasteiger partial charge is 0.259 e. The topological polar surface area (TPSA) is 131 Å². The van der Waals surface area contributed by atoms with E-state index in [1.165, 1.54) is 4.52 Å². The monoisotopic (exact) mass is 499 g/mol. The zero-order valence-electron chi connectivity index (χ0n) is 20.1. The van der Waals surface area contributed by atoms with Gasteiger partial charge < -0.3 is 24.7 Å². The summed E-state index contributed by atoms with van der Waals surface area (Å²) in [7, 11) is 0. The Kier molecular flexibility index (Phi) is 5.96. The van der Waals surface area contributed by atoms with Gasteiger partial charge in [0.1, 0.15) is 11.7 Å². The minimum atomic E-state index is -1.19. The fourth-order valence-corrected chi connectivity index (χ4v) is 5.33. The van der Waals surface area contributed by atoms with Crippen molar-refractivity contribution in [2.45, 2.75) is 37.4 Å². The average molecular weight is 500 g/mol. The number of ether oxygens (including phenoxy) is 1. The van der Waals surface area contributed by atoms with Crippen LogP contribution < -0.4 is 10.6 Å². The minimum Gasteiger partial charge on any atom is -0.461 e. The van der Waals surface area contributed by atoms with Crippen LogP contribution in [0.3, 0.4) is 0 Å². The van der Waals surface area contributed by atoms with Crippen molar-refractivity contribution in [1.29, 1.82) is 0 Å². The minimum absolute atomic E-state index is 0.0490. The number of hydrogen-bond acceptors (Lipinski definition) is 10. The summed E-state index contributed by atoms with van der Waals surface area (Å²) in [5, 5.41) is 4.33. The van der Waals surface area contributed by atoms with E-state index in [-0.39, 0.29) is 17.9 Å². The molecule has 12 nitrogen and oxygen atoms in total. The predicted octanol–water partition coefficient (Wildman–Crippen LogP) is 0.993. The molecule has 36 heavy (non-hydrogen) atoms. The summed E-state index contributed by atoms with van der Waals surface area (Å²) in [5.41, 5.74) is 4.98. The quantitative estimate of drug-likeness (QED) is 0.542. The first-order valence-electron chi connectivity index (χ1n) is 12.5. The first-order valence-corrected chi connectivity index (χ1v) is 12.5. The molecule has 0 saturated carbocycles. The molecule has 3 fully saturated rings. The molecule has 6 rings (SSSR count). The maximum atomic E-state index is 15.1. The van der Waals surface area contributed by atoms with Gasteiger partial charge in [0.2, 0.25) is 23.6 Å². The van der Waals surface area contributed by atoms with Gasteiger partial charge in [0.15, 0.2) is 5.76 Å². The van der Waals surface area contributed by atoms with Crippen molar-refractivity contribution < 1.29 is 18.3 Å². The summed E-state index contributed by atoms with van der Waals surface area (Å²) >= 11 is 0. The fraction of sp³-hybridized carbons (Fsp3) is 0.609. The number of halogens is 1. The Morgan fingerprint density at radius 2 is 1.94 bits per heavy atom. The number of piperazine rings is 1. The molecule has 0 bridgehead atoms. The third kappa shape index (κ3) is 4.37. The highest BCUT2D eigenvalue weighted by Crippen LogP contribution is 2.28. The summed E-state index contributed by atoms with van der Waals surface area (Å²) in [6.45, 7) is 4.49. The molecule has 1 atom stereocenters. The van der Waals surface area contributed by atoms with Crippen molar-refractivity contribution in [3.8, 4) is 11.6 Å². The predicted molar refractivity (Wildman–Crippen MR) is 128 cm³/mol. The summed E-state index contributed by atoms with van der Waals surface area (Å²) in [5.74, 6) is 1.72. The third-order valence-electron chi connectivity index (χ3n) is 7.34. The van der Waals surface area contributed by atoms with Crippen molar-refractivity contribution in [2.24, 2.45) is 0 Å². The van der Waals surface area contributed by atoms with Gasteiger partial charge in [0.05, 0.1) is 6.26 Å². The standard InChI is InChI=1S/C23H30FN9O3/c24-23(5-13-35-14-6-23)15-30-8-10-31(11-9-30)19(34)16-3-1-7-32(16)21-27-20(25)33-22(28-21)26-18(29-33)17-4-2-12-36-17/h2,4,12,16H,1,3,5-11,13-15H2,(H2,25,26,27,28,29)/t16-/m0/s1. The van der Waals surface area contributed by atoms with E-state index in [2.05, 4.69) is 25.0 Å². The van der Waals surface area contributed by atoms with Crippen LogP contribution >= 0.6 is 0 Å². The Morgan fingerprint density at radius 3 is 2.69 bits per heavy atom. The van der Waals surface area contributed by atoms with Gasteiger partial charge in [-0.25, -0.2) is 4.39 Å². The van der Waals surface area contributed by atoms with E-state index in [1.807, 2.05) is 9.80 Å². The Bertz CT molecular complexity index is 1220. The average Bonchev–Trinajstić information content (AvgIpc) is 3.65. The molecule has 192 valence electrons. The molecule has 0 spiro atoms. The number of fused-ring (bicyclic) bond motifs is 1. The molecule has 3 aromatic rings. The van der Waals surface area contributed by atoms with Crippen LogP contribution in [-0.2, 0) is 9.53 Å². The van der Waals surface area contributed by atoms with Gasteiger partial charge in [-0.2, -0.15) is 19.5 Å². The van der Waals surface area contributed by atoms with Crippen molar-refractivity contribution in [1.82, 2.24) is 34.4 Å². The molecular weight excluding hydrogens is 469 g/mol. The molecule has 0 aliphatic carbocycles. The Morgan fingerprint density at radius 1 is 1.14 bits per heavy atom. The van der Waals surface area contributed by atoms with Crippen molar-refractivity contribution in [3.63, 3.8) is 0 Å². The van der Waals surface area contributed by atoms with Gasteiger partial charge in [-0.05, 0) is 25.0 Å². The first kappa shape index (κ1) is 23.1. The highest BCUT2D eigenvalue weighted by atomic mass is 19.1. The van der Waals surface area contributed by atoms with Crippen LogP contribution in [0.4, 0.5) is 16.3 Å². The van der Waals surface area contributed by atoms with E-state index in [0.29, 0.717) is 95.1 Å². The maximum Gasteiger partial charge on any atom is 0.259 e. The van der Waals surface area contributed by atoms with Crippen molar-refractivity contribution in [2.75, 3.05) is 63.1 Å². The molecule has 3 aromatic heterocycles. The third-order valence-corrected chi connectivity index (χ3v) is 7.34.